The number of carbonyl (C=O) groups is 6. The summed E-state index contributed by atoms with van der Waals surface area (Å²) in [6.45, 7) is 8.22. The quantitative estimate of drug-likeness (QED) is 0.185. The minimum atomic E-state index is -1.09. The number of nitrogens with zero attached hydrogens (tertiary/aromatic N) is 4. The molecule has 0 unspecified atom stereocenters. The normalized spacial score (nSPS) is 23.0. The zero-order valence-corrected chi connectivity index (χ0v) is 32.0. The molecule has 7 amide bonds. The van der Waals surface area contributed by atoms with E-state index in [9.17, 15) is 28.8 Å². The predicted molar refractivity (Wildman–Crippen MR) is 204 cm³/mol. The zero-order chi connectivity index (χ0) is 40.4. The van der Waals surface area contributed by atoms with Gasteiger partial charge < -0.3 is 40.3 Å². The molecule has 0 saturated carbocycles. The van der Waals surface area contributed by atoms with Gasteiger partial charge in [-0.2, -0.15) is 0 Å². The Morgan fingerprint density at radius 1 is 0.912 bits per heavy atom. The van der Waals surface area contributed by atoms with E-state index < -0.39 is 59.7 Å². The van der Waals surface area contributed by atoms with Gasteiger partial charge in [0, 0.05) is 43.3 Å². The van der Waals surface area contributed by atoms with Crippen molar-refractivity contribution in [3.8, 4) is 0 Å². The van der Waals surface area contributed by atoms with Gasteiger partial charge in [-0.05, 0) is 55.9 Å². The van der Waals surface area contributed by atoms with E-state index in [1.54, 1.807) is 30.0 Å². The highest BCUT2D eigenvalue weighted by Crippen LogP contribution is 2.27. The number of benzene rings is 2. The molecule has 17 nitrogen and oxygen atoms in total. The van der Waals surface area contributed by atoms with E-state index >= 15 is 0 Å². The zero-order valence-electron chi connectivity index (χ0n) is 32.0. The first-order valence-electron chi connectivity index (χ1n) is 19.0. The Morgan fingerprint density at radius 2 is 1.65 bits per heavy atom. The maximum absolute atomic E-state index is 14.4. The highest BCUT2D eigenvalue weighted by Gasteiger charge is 2.43. The number of carbonyl (C=O) groups excluding carboxylic acids is 6. The van der Waals surface area contributed by atoms with Crippen molar-refractivity contribution in [2.75, 3.05) is 24.5 Å². The van der Waals surface area contributed by atoms with Crippen LogP contribution in [0.5, 0.6) is 0 Å². The fourth-order valence-electron chi connectivity index (χ4n) is 7.34. The van der Waals surface area contributed by atoms with Crippen LogP contribution in [0.25, 0.3) is 0 Å². The highest BCUT2D eigenvalue weighted by atomic mass is 16.3. The molecule has 0 aliphatic carbocycles. The molecule has 3 aliphatic heterocycles. The Morgan fingerprint density at radius 3 is 2.39 bits per heavy atom. The first kappa shape index (κ1) is 38.7. The minimum Gasteiger partial charge on any atom is -0.446 e. The average molecular weight is 780 g/mol. The van der Waals surface area contributed by atoms with Gasteiger partial charge in [-0.1, -0.05) is 50.2 Å². The van der Waals surface area contributed by atoms with Gasteiger partial charge in [0.1, 0.15) is 36.7 Å². The lowest BCUT2D eigenvalue weighted by Crippen LogP contribution is -2.48. The molecule has 298 valence electrons. The number of rotatable bonds is 7. The van der Waals surface area contributed by atoms with Crippen LogP contribution in [-0.2, 0) is 16.0 Å². The number of oxazole rings is 2. The molecule has 4 aromatic rings. The van der Waals surface area contributed by atoms with Crippen LogP contribution in [0, 0.1) is 12.8 Å². The minimum absolute atomic E-state index is 0.0352. The number of urea groups is 1. The van der Waals surface area contributed by atoms with Crippen LogP contribution in [0.15, 0.2) is 69.9 Å². The lowest BCUT2D eigenvalue weighted by molar-refractivity contribution is -0.126. The Kier molecular flexibility index (Phi) is 11.1. The van der Waals surface area contributed by atoms with Crippen molar-refractivity contribution in [1.82, 2.24) is 41.5 Å². The van der Waals surface area contributed by atoms with Crippen LogP contribution in [0.3, 0.4) is 0 Å². The van der Waals surface area contributed by atoms with Crippen molar-refractivity contribution in [2.24, 2.45) is 5.92 Å². The molecule has 2 fully saturated rings. The van der Waals surface area contributed by atoms with Crippen LogP contribution in [0.4, 0.5) is 10.5 Å². The second kappa shape index (κ2) is 16.3. The molecule has 5 atom stereocenters. The topological polar surface area (TPSA) is 221 Å². The lowest BCUT2D eigenvalue weighted by atomic mass is 10.0. The van der Waals surface area contributed by atoms with E-state index in [0.717, 1.165) is 17.4 Å². The number of anilines is 1. The number of hydrogen-bond acceptors (Lipinski definition) is 10. The second-order valence-corrected chi connectivity index (χ2v) is 15.0. The number of hydrogen-bond donors (Lipinski definition) is 5. The molecule has 4 bridgehead atoms. The van der Waals surface area contributed by atoms with Gasteiger partial charge in [0.25, 0.3) is 17.7 Å². The maximum atomic E-state index is 14.4. The number of amides is 7. The van der Waals surface area contributed by atoms with Gasteiger partial charge in [0.2, 0.25) is 23.6 Å². The number of nitrogens with one attached hydrogen (secondary N) is 5. The number of fused-ring (bicyclic) bond motifs is 5. The molecule has 2 aromatic carbocycles. The third-order valence-corrected chi connectivity index (χ3v) is 10.3. The summed E-state index contributed by atoms with van der Waals surface area (Å²) in [7, 11) is 0. The van der Waals surface area contributed by atoms with E-state index in [4.69, 9.17) is 8.83 Å². The maximum Gasteiger partial charge on any atom is 0.322 e. The van der Waals surface area contributed by atoms with Crippen molar-refractivity contribution < 1.29 is 37.6 Å². The summed E-state index contributed by atoms with van der Waals surface area (Å²) in [4.78, 5) is 93.4. The summed E-state index contributed by atoms with van der Waals surface area (Å²) in [5, 5.41) is 14.3. The lowest BCUT2D eigenvalue weighted by Gasteiger charge is -2.25. The summed E-state index contributed by atoms with van der Waals surface area (Å²) < 4.78 is 11.5. The summed E-state index contributed by atoms with van der Waals surface area (Å²) in [6, 6.07) is 9.73. The highest BCUT2D eigenvalue weighted by molar-refractivity contribution is 6.00. The standard InChI is InChI=1S/C40H45N9O8/c1-21(2)14-27-34(51)42-23(4)37-47-30(20-56-37)39(54)49-18-26(43-33(50)25-11-10-22(3)31(16-25)48-13-12-41-40(48)55)17-32(49)36(53)45-28(15-24-8-6-5-7-9-24)38-46-29(19-57-38)35(52)44-27/h5-11,16,19-21,23,26-28,32H,12-15,17-18H2,1-4H3,(H,41,55)(H,42,51)(H,43,50)(H,44,52)(H,45,53)/t23-,26+,27-,28+,32+/m1/s1. The second-order valence-electron chi connectivity index (χ2n) is 15.0. The van der Waals surface area contributed by atoms with Gasteiger partial charge in [-0.3, -0.25) is 28.9 Å². The predicted octanol–water partition coefficient (Wildman–Crippen LogP) is 2.95. The fourth-order valence-corrected chi connectivity index (χ4v) is 7.34. The summed E-state index contributed by atoms with van der Waals surface area (Å²) >= 11 is 0. The van der Waals surface area contributed by atoms with Crippen molar-refractivity contribution in [1.29, 1.82) is 0 Å². The molecule has 5 heterocycles. The van der Waals surface area contributed by atoms with Crippen molar-refractivity contribution in [3.63, 3.8) is 0 Å². The summed E-state index contributed by atoms with van der Waals surface area (Å²) in [5.41, 5.74) is 2.37. The molecule has 2 saturated heterocycles. The first-order valence-corrected chi connectivity index (χ1v) is 19.0. The summed E-state index contributed by atoms with van der Waals surface area (Å²) in [5.74, 6) is -2.63. The monoisotopic (exact) mass is 779 g/mol. The molecular formula is C40H45N9O8. The van der Waals surface area contributed by atoms with Gasteiger partial charge in [-0.15, -0.1) is 0 Å². The van der Waals surface area contributed by atoms with E-state index in [1.807, 2.05) is 51.1 Å². The third-order valence-electron chi connectivity index (χ3n) is 10.3. The molecule has 2 aromatic heterocycles. The Labute approximate surface area is 328 Å². The Bertz CT molecular complexity index is 2180. The fraction of sp³-hybridized carbons (Fsp3) is 0.400. The van der Waals surface area contributed by atoms with Crippen molar-refractivity contribution >= 4 is 41.3 Å². The smallest absolute Gasteiger partial charge is 0.322 e. The third kappa shape index (κ3) is 8.51. The summed E-state index contributed by atoms with van der Waals surface area (Å²) in [6.07, 6.45) is 2.92. The van der Waals surface area contributed by atoms with Gasteiger partial charge in [-0.25, -0.2) is 14.8 Å². The van der Waals surface area contributed by atoms with Crippen molar-refractivity contribution in [3.05, 3.63) is 101 Å². The number of aromatic nitrogens is 2. The molecule has 17 heteroatoms. The Balaban J connectivity index is 1.21. The average Bonchev–Trinajstić information content (AvgIpc) is 4.02. The van der Waals surface area contributed by atoms with Crippen LogP contribution in [0.2, 0.25) is 0 Å². The van der Waals surface area contributed by atoms with Crippen LogP contribution >= 0.6 is 0 Å². The first-order chi connectivity index (χ1) is 27.3. The largest absolute Gasteiger partial charge is 0.446 e. The molecule has 57 heavy (non-hydrogen) atoms. The molecule has 0 radical (unpaired) electrons. The van der Waals surface area contributed by atoms with Crippen LogP contribution < -0.4 is 31.5 Å². The van der Waals surface area contributed by atoms with E-state index in [2.05, 4.69) is 36.6 Å². The van der Waals surface area contributed by atoms with Crippen LogP contribution in [-0.4, -0.2) is 88.2 Å². The SMILES string of the molecule is Cc1ccc(C(=O)N[C@H]2C[C@H]3C(=O)N[C@@H](Cc4ccccc4)c4nc(co4)C(=O)N[C@H](CC(C)C)C(=O)N[C@H](C)c4nc(co4)C(=O)N3C2)cc1N1CCNC1=O. The Hall–Kier alpha value is -6.52. The van der Waals surface area contributed by atoms with Crippen LogP contribution in [0.1, 0.15) is 99.9 Å². The van der Waals surface area contributed by atoms with Gasteiger partial charge >= 0.3 is 6.03 Å². The molecule has 7 rings (SSSR count). The van der Waals surface area contributed by atoms with E-state index in [0.29, 0.717) is 30.8 Å². The molecular weight excluding hydrogens is 734 g/mol. The molecule has 3 aliphatic rings. The molecule has 5 N–H and O–H groups in total. The van der Waals surface area contributed by atoms with Gasteiger partial charge in [0.05, 0.1) is 0 Å². The van der Waals surface area contributed by atoms with Crippen molar-refractivity contribution in [2.45, 2.75) is 77.2 Å². The number of aryl methyl sites for hydroxylation is 1. The molecule has 0 spiro atoms. The van der Waals surface area contributed by atoms with E-state index in [1.165, 1.54) is 11.2 Å². The van der Waals surface area contributed by atoms with E-state index in [-0.39, 0.29) is 54.5 Å². The van der Waals surface area contributed by atoms with Gasteiger partial charge in [0.15, 0.2) is 11.4 Å².